The number of halogens is 1. The molecule has 1 saturated carbocycles. The molecule has 1 aliphatic carbocycles. The van der Waals surface area contributed by atoms with E-state index in [0.717, 1.165) is 29.7 Å². The van der Waals surface area contributed by atoms with Crippen LogP contribution in [0.25, 0.3) is 28.4 Å². The first-order chi connectivity index (χ1) is 13.1. The van der Waals surface area contributed by atoms with Crippen molar-refractivity contribution in [2.75, 3.05) is 0 Å². The number of aromatic nitrogens is 3. The molecule has 1 aromatic carbocycles. The van der Waals surface area contributed by atoms with Gasteiger partial charge in [0.1, 0.15) is 29.1 Å². The SMILES string of the molecule is N=C(C1CC1)n1cc(-c2c(-c3ccc(F)cc3)nc3occn23)ccc1=N. The lowest BCUT2D eigenvalue weighted by molar-refractivity contribution is 0.596. The Bertz CT molecular complexity index is 1230. The second kappa shape index (κ2) is 5.77. The number of rotatable bonds is 3. The van der Waals surface area contributed by atoms with Gasteiger partial charge in [0.2, 0.25) is 0 Å². The van der Waals surface area contributed by atoms with Gasteiger partial charge in [-0.1, -0.05) is 0 Å². The molecule has 27 heavy (non-hydrogen) atoms. The minimum absolute atomic E-state index is 0.227. The highest BCUT2D eigenvalue weighted by molar-refractivity contribution is 5.87. The van der Waals surface area contributed by atoms with Crippen molar-refractivity contribution < 1.29 is 8.81 Å². The second-order valence-corrected chi connectivity index (χ2v) is 6.70. The van der Waals surface area contributed by atoms with Gasteiger partial charge in [0.25, 0.3) is 0 Å². The molecule has 5 rings (SSSR count). The average molecular weight is 361 g/mol. The van der Waals surface area contributed by atoms with E-state index < -0.39 is 0 Å². The number of fused-ring (bicyclic) bond motifs is 1. The Morgan fingerprint density at radius 3 is 2.59 bits per heavy atom. The molecule has 0 aliphatic heterocycles. The summed E-state index contributed by atoms with van der Waals surface area (Å²) in [5.74, 6) is 0.795. The van der Waals surface area contributed by atoms with E-state index in [-0.39, 0.29) is 17.2 Å². The number of hydrogen-bond donors (Lipinski definition) is 2. The summed E-state index contributed by atoms with van der Waals surface area (Å²) in [4.78, 5) is 4.56. The van der Waals surface area contributed by atoms with E-state index in [9.17, 15) is 4.39 Å². The molecule has 0 atom stereocenters. The Kier molecular flexibility index (Phi) is 3.36. The summed E-state index contributed by atoms with van der Waals surface area (Å²) in [5, 5.41) is 16.5. The summed E-state index contributed by atoms with van der Waals surface area (Å²) >= 11 is 0. The van der Waals surface area contributed by atoms with Gasteiger partial charge >= 0.3 is 5.84 Å². The van der Waals surface area contributed by atoms with Gasteiger partial charge in [-0.15, -0.1) is 0 Å². The first kappa shape index (κ1) is 15.7. The highest BCUT2D eigenvalue weighted by atomic mass is 19.1. The van der Waals surface area contributed by atoms with Crippen molar-refractivity contribution in [3.05, 3.63) is 66.4 Å². The van der Waals surface area contributed by atoms with E-state index >= 15 is 0 Å². The Balaban J connectivity index is 1.73. The van der Waals surface area contributed by atoms with Gasteiger partial charge in [0.15, 0.2) is 0 Å². The lowest BCUT2D eigenvalue weighted by Gasteiger charge is -2.11. The Morgan fingerprint density at radius 1 is 1.11 bits per heavy atom. The number of hydrogen-bond acceptors (Lipinski definition) is 4. The summed E-state index contributed by atoms with van der Waals surface area (Å²) < 4.78 is 22.2. The van der Waals surface area contributed by atoms with Gasteiger partial charge in [0.05, 0.1) is 5.69 Å². The number of imidazole rings is 1. The van der Waals surface area contributed by atoms with Crippen LogP contribution < -0.4 is 5.49 Å². The maximum absolute atomic E-state index is 13.3. The molecular weight excluding hydrogens is 345 g/mol. The van der Waals surface area contributed by atoms with Crippen LogP contribution in [-0.4, -0.2) is 19.8 Å². The quantitative estimate of drug-likeness (QED) is 0.428. The average Bonchev–Trinajstić information content (AvgIpc) is 3.32. The van der Waals surface area contributed by atoms with Crippen LogP contribution in [0.3, 0.4) is 0 Å². The van der Waals surface area contributed by atoms with E-state index in [1.165, 1.54) is 12.1 Å². The standard InChI is InChI=1S/C20H16FN5O/c21-15-6-3-12(4-7-15)17-18(25-9-10-27-20(25)24-17)14-5-8-16(22)26(11-14)19(23)13-1-2-13/h3-11,13,22-23H,1-2H2. The fraction of sp³-hybridized carbons (Fsp3) is 0.150. The molecule has 6 nitrogen and oxygen atoms in total. The largest absolute Gasteiger partial charge is 0.432 e. The van der Waals surface area contributed by atoms with E-state index in [0.29, 0.717) is 17.4 Å². The minimum atomic E-state index is -0.308. The van der Waals surface area contributed by atoms with Gasteiger partial charge in [-0.05, 0) is 49.2 Å². The van der Waals surface area contributed by atoms with Gasteiger partial charge in [-0.2, -0.15) is 4.98 Å². The van der Waals surface area contributed by atoms with Crippen LogP contribution in [0, 0.1) is 22.6 Å². The van der Waals surface area contributed by atoms with Crippen LogP contribution in [0.5, 0.6) is 0 Å². The Hall–Kier alpha value is -3.48. The molecule has 134 valence electrons. The van der Waals surface area contributed by atoms with Crippen molar-refractivity contribution in [3.8, 4) is 22.5 Å². The maximum Gasteiger partial charge on any atom is 0.306 e. The number of oxazole rings is 1. The molecule has 0 radical (unpaired) electrons. The van der Waals surface area contributed by atoms with Crippen molar-refractivity contribution in [2.45, 2.75) is 12.8 Å². The van der Waals surface area contributed by atoms with Gasteiger partial charge in [0, 0.05) is 29.4 Å². The topological polar surface area (TPSA) is 83.1 Å². The number of pyridine rings is 1. The molecule has 3 aromatic heterocycles. The predicted octanol–water partition coefficient (Wildman–Crippen LogP) is 3.92. The summed E-state index contributed by atoms with van der Waals surface area (Å²) in [6, 6.07) is 9.68. The third kappa shape index (κ3) is 2.59. The molecule has 0 saturated heterocycles. The number of nitrogens with zero attached hydrogens (tertiary/aromatic N) is 3. The van der Waals surface area contributed by atoms with E-state index in [1.54, 1.807) is 41.4 Å². The van der Waals surface area contributed by atoms with Crippen LogP contribution in [0.1, 0.15) is 12.8 Å². The van der Waals surface area contributed by atoms with Crippen LogP contribution >= 0.6 is 0 Å². The lowest BCUT2D eigenvalue weighted by atomic mass is 10.1. The van der Waals surface area contributed by atoms with Crippen molar-refractivity contribution >= 4 is 11.7 Å². The van der Waals surface area contributed by atoms with E-state index in [2.05, 4.69) is 4.98 Å². The zero-order valence-corrected chi connectivity index (χ0v) is 14.3. The molecular formula is C20H16FN5O. The number of benzene rings is 1. The summed E-state index contributed by atoms with van der Waals surface area (Å²) in [6.45, 7) is 0. The van der Waals surface area contributed by atoms with E-state index in [4.69, 9.17) is 15.2 Å². The van der Waals surface area contributed by atoms with Crippen LogP contribution in [0.2, 0.25) is 0 Å². The molecule has 0 bridgehead atoms. The van der Waals surface area contributed by atoms with Crippen LogP contribution in [0.4, 0.5) is 4.39 Å². The van der Waals surface area contributed by atoms with Crippen molar-refractivity contribution in [3.63, 3.8) is 0 Å². The molecule has 0 amide bonds. The van der Waals surface area contributed by atoms with Crippen molar-refractivity contribution in [1.82, 2.24) is 14.0 Å². The molecule has 0 spiro atoms. The lowest BCUT2D eigenvalue weighted by Crippen LogP contribution is -2.27. The molecule has 0 unspecified atom stereocenters. The first-order valence-corrected chi connectivity index (χ1v) is 8.70. The highest BCUT2D eigenvalue weighted by Crippen LogP contribution is 2.34. The smallest absolute Gasteiger partial charge is 0.306 e. The molecule has 1 aliphatic rings. The third-order valence-corrected chi connectivity index (χ3v) is 4.83. The first-order valence-electron chi connectivity index (χ1n) is 8.70. The van der Waals surface area contributed by atoms with E-state index in [1.807, 2.05) is 10.5 Å². The Morgan fingerprint density at radius 2 is 1.85 bits per heavy atom. The maximum atomic E-state index is 13.3. The molecule has 1 fully saturated rings. The summed E-state index contributed by atoms with van der Waals surface area (Å²) in [6.07, 6.45) is 7.12. The molecule has 4 aromatic rings. The fourth-order valence-corrected chi connectivity index (χ4v) is 3.26. The minimum Gasteiger partial charge on any atom is -0.432 e. The molecule has 7 heteroatoms. The fourth-order valence-electron chi connectivity index (χ4n) is 3.26. The van der Waals surface area contributed by atoms with Crippen LogP contribution in [-0.2, 0) is 0 Å². The Labute approximate surface area is 153 Å². The summed E-state index contributed by atoms with van der Waals surface area (Å²) in [5.41, 5.74) is 3.29. The second-order valence-electron chi connectivity index (χ2n) is 6.70. The third-order valence-electron chi connectivity index (χ3n) is 4.83. The summed E-state index contributed by atoms with van der Waals surface area (Å²) in [7, 11) is 0. The molecule has 2 N–H and O–H groups in total. The zero-order chi connectivity index (χ0) is 18.5. The van der Waals surface area contributed by atoms with Crippen LogP contribution in [0.15, 0.2) is 59.5 Å². The molecule has 3 heterocycles. The zero-order valence-electron chi connectivity index (χ0n) is 14.3. The van der Waals surface area contributed by atoms with Crippen molar-refractivity contribution in [2.24, 2.45) is 5.92 Å². The number of nitrogens with one attached hydrogen (secondary N) is 2. The highest BCUT2D eigenvalue weighted by Gasteiger charge is 2.28. The predicted molar refractivity (Wildman–Crippen MR) is 98.0 cm³/mol. The van der Waals surface area contributed by atoms with Gasteiger partial charge in [-0.3, -0.25) is 19.8 Å². The normalized spacial score (nSPS) is 14.0. The monoisotopic (exact) mass is 361 g/mol. The van der Waals surface area contributed by atoms with Crippen molar-refractivity contribution in [1.29, 1.82) is 10.8 Å². The van der Waals surface area contributed by atoms with Gasteiger partial charge in [-0.25, -0.2) is 4.39 Å². The van der Waals surface area contributed by atoms with Gasteiger partial charge < -0.3 is 4.42 Å².